The van der Waals surface area contributed by atoms with E-state index in [1.165, 1.54) is 6.07 Å². The Kier molecular flexibility index (Phi) is 6.12. The van der Waals surface area contributed by atoms with Crippen molar-refractivity contribution in [1.82, 2.24) is 4.90 Å². The maximum atomic E-state index is 12.9. The first kappa shape index (κ1) is 21.8. The molecule has 1 aliphatic carbocycles. The predicted octanol–water partition coefficient (Wildman–Crippen LogP) is 4.62. The Bertz CT molecular complexity index is 1220. The minimum Gasteiger partial charge on any atom is -0.481 e. The Labute approximate surface area is 186 Å². The highest BCUT2D eigenvalue weighted by molar-refractivity contribution is 5.94. The highest BCUT2D eigenvalue weighted by Gasteiger charge is 2.31. The summed E-state index contributed by atoms with van der Waals surface area (Å²) in [6.45, 7) is 2.40. The molecule has 1 N–H and O–H groups in total. The third-order valence-electron chi connectivity index (χ3n) is 6.47. The number of nitrogens with zero attached hydrogens (tertiary/aromatic N) is 1. The van der Waals surface area contributed by atoms with Crippen LogP contribution in [0, 0.1) is 18.8 Å². The number of carbonyl (C=O) groups excluding carboxylic acids is 1. The molecule has 1 aliphatic rings. The normalized spacial score (nSPS) is 18.4. The van der Waals surface area contributed by atoms with E-state index in [1.54, 1.807) is 11.9 Å². The van der Waals surface area contributed by atoms with E-state index < -0.39 is 11.6 Å². The number of fused-ring (bicyclic) bond motifs is 1. The average Bonchev–Trinajstić information content (AvgIpc) is 2.78. The molecule has 0 saturated heterocycles. The van der Waals surface area contributed by atoms with Crippen LogP contribution in [0.15, 0.2) is 57.7 Å². The molecule has 0 bridgehead atoms. The van der Waals surface area contributed by atoms with Gasteiger partial charge in [0.1, 0.15) is 5.58 Å². The van der Waals surface area contributed by atoms with E-state index in [4.69, 9.17) is 9.52 Å². The molecule has 1 aromatic heterocycles. The summed E-state index contributed by atoms with van der Waals surface area (Å²) in [5.74, 6) is -1.21. The van der Waals surface area contributed by atoms with Crippen molar-refractivity contribution in [3.05, 3.63) is 70.1 Å². The smallest absolute Gasteiger partial charge is 0.336 e. The second kappa shape index (κ2) is 8.99. The van der Waals surface area contributed by atoms with Crippen molar-refractivity contribution < 1.29 is 19.1 Å². The number of rotatable bonds is 5. The number of aryl methyl sites for hydroxylation is 1. The number of aliphatic carboxylic acids is 1. The number of carboxylic acid groups (broad SMARTS) is 1. The standard InChI is InChI=1S/C26H27NO5/c1-16-5-3-4-6-20(16)22-14-24(28)32-23-13-17(7-12-21(22)23)15-27(2)25(29)18-8-10-19(11-9-18)26(30)31/h3-7,12-14,18-19H,8-11,15H2,1-2H3,(H,30,31). The molecule has 6 nitrogen and oxygen atoms in total. The van der Waals surface area contributed by atoms with Gasteiger partial charge in [-0.1, -0.05) is 36.4 Å². The molecule has 1 amide bonds. The largest absolute Gasteiger partial charge is 0.481 e. The summed E-state index contributed by atoms with van der Waals surface area (Å²) in [7, 11) is 1.76. The van der Waals surface area contributed by atoms with Gasteiger partial charge in [0.05, 0.1) is 5.92 Å². The van der Waals surface area contributed by atoms with E-state index >= 15 is 0 Å². The fraction of sp³-hybridized carbons (Fsp3) is 0.346. The van der Waals surface area contributed by atoms with Crippen LogP contribution in [0.3, 0.4) is 0 Å². The Morgan fingerprint density at radius 2 is 1.69 bits per heavy atom. The van der Waals surface area contributed by atoms with Gasteiger partial charge in [0, 0.05) is 36.5 Å². The van der Waals surface area contributed by atoms with Crippen molar-refractivity contribution in [2.45, 2.75) is 39.2 Å². The van der Waals surface area contributed by atoms with Crippen molar-refractivity contribution in [2.24, 2.45) is 11.8 Å². The van der Waals surface area contributed by atoms with Crippen LogP contribution in [-0.4, -0.2) is 28.9 Å². The maximum absolute atomic E-state index is 12.9. The van der Waals surface area contributed by atoms with E-state index in [0.717, 1.165) is 27.6 Å². The van der Waals surface area contributed by atoms with E-state index in [9.17, 15) is 14.4 Å². The Morgan fingerprint density at radius 3 is 2.38 bits per heavy atom. The zero-order valence-corrected chi connectivity index (χ0v) is 18.3. The molecule has 32 heavy (non-hydrogen) atoms. The second-order valence-corrected chi connectivity index (χ2v) is 8.71. The average molecular weight is 434 g/mol. The fourth-order valence-electron chi connectivity index (χ4n) is 4.65. The highest BCUT2D eigenvalue weighted by Crippen LogP contribution is 2.32. The number of carbonyl (C=O) groups is 2. The molecule has 3 aromatic rings. The molecule has 2 aromatic carbocycles. The van der Waals surface area contributed by atoms with Crippen LogP contribution in [0.5, 0.6) is 0 Å². The third-order valence-corrected chi connectivity index (χ3v) is 6.47. The summed E-state index contributed by atoms with van der Waals surface area (Å²) in [5, 5.41) is 10.0. The maximum Gasteiger partial charge on any atom is 0.336 e. The lowest BCUT2D eigenvalue weighted by Crippen LogP contribution is -2.35. The van der Waals surface area contributed by atoms with Gasteiger partial charge in [0.25, 0.3) is 0 Å². The van der Waals surface area contributed by atoms with E-state index in [1.807, 2.05) is 49.4 Å². The topological polar surface area (TPSA) is 87.8 Å². The minimum atomic E-state index is -0.771. The van der Waals surface area contributed by atoms with E-state index in [-0.39, 0.29) is 17.7 Å². The van der Waals surface area contributed by atoms with Crippen LogP contribution in [0.4, 0.5) is 0 Å². The second-order valence-electron chi connectivity index (χ2n) is 8.71. The zero-order valence-electron chi connectivity index (χ0n) is 18.3. The van der Waals surface area contributed by atoms with Gasteiger partial charge in [-0.25, -0.2) is 4.79 Å². The summed E-state index contributed by atoms with van der Waals surface area (Å²) in [6, 6.07) is 15.1. The molecule has 0 spiro atoms. The monoisotopic (exact) mass is 433 g/mol. The van der Waals surface area contributed by atoms with Crippen molar-refractivity contribution >= 4 is 22.8 Å². The first-order valence-electron chi connectivity index (χ1n) is 10.9. The summed E-state index contributed by atoms with van der Waals surface area (Å²) in [4.78, 5) is 37.9. The first-order chi connectivity index (χ1) is 15.3. The molecule has 0 unspecified atom stereocenters. The summed E-state index contributed by atoms with van der Waals surface area (Å²) in [6.07, 6.45) is 2.30. The summed E-state index contributed by atoms with van der Waals surface area (Å²) in [5.41, 5.74) is 3.86. The van der Waals surface area contributed by atoms with Crippen LogP contribution in [0.1, 0.15) is 36.8 Å². The van der Waals surface area contributed by atoms with E-state index in [2.05, 4.69) is 0 Å². The lowest BCUT2D eigenvalue weighted by atomic mass is 9.81. The molecular formula is C26H27NO5. The molecule has 1 saturated carbocycles. The molecule has 1 heterocycles. The van der Waals surface area contributed by atoms with Crippen molar-refractivity contribution in [3.8, 4) is 11.1 Å². The van der Waals surface area contributed by atoms with Crippen molar-refractivity contribution in [1.29, 1.82) is 0 Å². The van der Waals surface area contributed by atoms with Crippen LogP contribution in [0.25, 0.3) is 22.1 Å². The molecule has 166 valence electrons. The quantitative estimate of drug-likeness (QED) is 0.593. The number of benzene rings is 2. The number of carboxylic acids is 1. The molecule has 0 aliphatic heterocycles. The Hall–Kier alpha value is -3.41. The lowest BCUT2D eigenvalue weighted by Gasteiger charge is -2.29. The minimum absolute atomic E-state index is 0.0315. The van der Waals surface area contributed by atoms with Gasteiger partial charge < -0.3 is 14.4 Å². The highest BCUT2D eigenvalue weighted by atomic mass is 16.4. The molecule has 6 heteroatoms. The van der Waals surface area contributed by atoms with Gasteiger partial charge in [-0.2, -0.15) is 0 Å². The van der Waals surface area contributed by atoms with E-state index in [0.29, 0.717) is 37.8 Å². The number of hydrogen-bond acceptors (Lipinski definition) is 4. The number of amides is 1. The van der Waals surface area contributed by atoms with Crippen molar-refractivity contribution in [2.75, 3.05) is 7.05 Å². The van der Waals surface area contributed by atoms with Gasteiger partial charge in [-0.3, -0.25) is 9.59 Å². The summed E-state index contributed by atoms with van der Waals surface area (Å²) < 4.78 is 5.48. The zero-order chi connectivity index (χ0) is 22.8. The molecule has 4 rings (SSSR count). The van der Waals surface area contributed by atoms with Crippen molar-refractivity contribution in [3.63, 3.8) is 0 Å². The first-order valence-corrected chi connectivity index (χ1v) is 10.9. The number of hydrogen-bond donors (Lipinski definition) is 1. The Balaban J connectivity index is 1.54. The SMILES string of the molecule is Cc1ccccc1-c1cc(=O)oc2cc(CN(C)C(=O)C3CCC(C(=O)O)CC3)ccc12. The molecule has 0 radical (unpaired) electrons. The van der Waals surface area contributed by atoms with Crippen LogP contribution in [0.2, 0.25) is 0 Å². The van der Waals surface area contributed by atoms with Gasteiger partial charge in [0.15, 0.2) is 0 Å². The van der Waals surface area contributed by atoms with Gasteiger partial charge in [0.2, 0.25) is 5.91 Å². The van der Waals surface area contributed by atoms with Crippen LogP contribution >= 0.6 is 0 Å². The molecule has 0 atom stereocenters. The molecular weight excluding hydrogens is 406 g/mol. The van der Waals surface area contributed by atoms with Gasteiger partial charge >= 0.3 is 11.6 Å². The van der Waals surface area contributed by atoms with Gasteiger partial charge in [-0.05, 0) is 55.4 Å². The third kappa shape index (κ3) is 4.44. The Morgan fingerprint density at radius 1 is 1.00 bits per heavy atom. The molecule has 1 fully saturated rings. The predicted molar refractivity (Wildman–Crippen MR) is 122 cm³/mol. The van der Waals surface area contributed by atoms with Crippen LogP contribution in [-0.2, 0) is 16.1 Å². The lowest BCUT2D eigenvalue weighted by molar-refractivity contribution is -0.145. The fourth-order valence-corrected chi connectivity index (χ4v) is 4.65. The van der Waals surface area contributed by atoms with Gasteiger partial charge in [-0.15, -0.1) is 0 Å². The summed E-state index contributed by atoms with van der Waals surface area (Å²) >= 11 is 0. The van der Waals surface area contributed by atoms with Crippen LogP contribution < -0.4 is 5.63 Å².